The first-order valence-corrected chi connectivity index (χ1v) is 13.1. The highest BCUT2D eigenvalue weighted by molar-refractivity contribution is 7.89. The first kappa shape index (κ1) is 24.0. The summed E-state index contributed by atoms with van der Waals surface area (Å²) in [5, 5.41) is 2.88. The molecule has 174 valence electrons. The maximum absolute atomic E-state index is 13.2. The molecule has 0 unspecified atom stereocenters. The Morgan fingerprint density at radius 1 is 1.13 bits per heavy atom. The van der Waals surface area contributed by atoms with Crippen LogP contribution in [0, 0.1) is 5.92 Å². The van der Waals surface area contributed by atoms with Crippen molar-refractivity contribution in [1.82, 2.24) is 9.21 Å². The largest absolute Gasteiger partial charge is 0.492 e. The normalized spacial score (nSPS) is 18.8. The quantitative estimate of drug-likeness (QED) is 0.619. The lowest BCUT2D eigenvalue weighted by Gasteiger charge is -2.27. The first-order chi connectivity index (χ1) is 14.9. The van der Waals surface area contributed by atoms with Gasteiger partial charge in [-0.1, -0.05) is 25.7 Å². The summed E-state index contributed by atoms with van der Waals surface area (Å²) in [7, 11) is -1.70. The molecule has 1 aromatic carbocycles. The molecule has 0 aromatic heterocycles. The fraction of sp³-hybridized carbons (Fsp3) is 0.696. The number of hydrogen-bond donors (Lipinski definition) is 1. The van der Waals surface area contributed by atoms with Crippen molar-refractivity contribution in [3.63, 3.8) is 0 Å². The Labute approximate surface area is 187 Å². The van der Waals surface area contributed by atoms with Gasteiger partial charge >= 0.3 is 0 Å². The van der Waals surface area contributed by atoms with E-state index in [0.29, 0.717) is 37.1 Å². The second kappa shape index (κ2) is 11.3. The molecule has 2 aliphatic rings. The molecule has 1 saturated carbocycles. The van der Waals surface area contributed by atoms with Crippen molar-refractivity contribution in [2.24, 2.45) is 5.92 Å². The van der Waals surface area contributed by atoms with Crippen molar-refractivity contribution in [3.8, 4) is 5.75 Å². The van der Waals surface area contributed by atoms with Crippen LogP contribution in [0.5, 0.6) is 5.75 Å². The van der Waals surface area contributed by atoms with Crippen LogP contribution in [-0.2, 0) is 14.8 Å². The number of ether oxygens (including phenoxy) is 1. The molecule has 31 heavy (non-hydrogen) atoms. The molecule has 1 aromatic rings. The second-order valence-corrected chi connectivity index (χ2v) is 10.7. The topological polar surface area (TPSA) is 79.0 Å². The summed E-state index contributed by atoms with van der Waals surface area (Å²) in [6.07, 6.45) is 9.15. The zero-order valence-corrected chi connectivity index (χ0v) is 19.8. The van der Waals surface area contributed by atoms with Gasteiger partial charge in [-0.2, -0.15) is 4.31 Å². The van der Waals surface area contributed by atoms with Gasteiger partial charge in [-0.25, -0.2) is 8.42 Å². The molecule has 2 fully saturated rings. The third kappa shape index (κ3) is 6.67. The summed E-state index contributed by atoms with van der Waals surface area (Å²) in [6, 6.07) is 4.88. The van der Waals surface area contributed by atoms with E-state index in [1.54, 1.807) is 12.1 Å². The number of sulfonamides is 1. The molecule has 0 atom stereocenters. The van der Waals surface area contributed by atoms with Crippen LogP contribution in [-0.4, -0.2) is 63.4 Å². The van der Waals surface area contributed by atoms with Gasteiger partial charge in [-0.15, -0.1) is 0 Å². The van der Waals surface area contributed by atoms with Crippen LogP contribution in [0.25, 0.3) is 0 Å². The third-order valence-electron chi connectivity index (χ3n) is 6.17. The Morgan fingerprint density at radius 2 is 1.81 bits per heavy atom. The number of likely N-dealkylation sites (N-methyl/N-ethyl adjacent to an activating group) is 1. The van der Waals surface area contributed by atoms with Gasteiger partial charge in [0.15, 0.2) is 0 Å². The molecule has 1 heterocycles. The highest BCUT2D eigenvalue weighted by Crippen LogP contribution is 2.31. The van der Waals surface area contributed by atoms with Crippen LogP contribution in [0.15, 0.2) is 23.1 Å². The van der Waals surface area contributed by atoms with E-state index >= 15 is 0 Å². The van der Waals surface area contributed by atoms with Gasteiger partial charge in [0, 0.05) is 25.3 Å². The lowest BCUT2D eigenvalue weighted by molar-refractivity contribution is -0.117. The van der Waals surface area contributed by atoms with Crippen LogP contribution in [0.3, 0.4) is 0 Å². The van der Waals surface area contributed by atoms with E-state index < -0.39 is 10.0 Å². The van der Waals surface area contributed by atoms with Crippen molar-refractivity contribution in [2.45, 2.75) is 63.2 Å². The fourth-order valence-corrected chi connectivity index (χ4v) is 6.30. The van der Waals surface area contributed by atoms with Crippen molar-refractivity contribution in [2.75, 3.05) is 45.2 Å². The monoisotopic (exact) mass is 451 g/mol. The fourth-order valence-electron chi connectivity index (χ4n) is 4.63. The number of rotatable bonds is 9. The predicted octanol–water partition coefficient (Wildman–Crippen LogP) is 3.71. The van der Waals surface area contributed by atoms with E-state index in [-0.39, 0.29) is 17.3 Å². The molecule has 1 N–H and O–H groups in total. The molecule has 3 rings (SSSR count). The molecule has 1 aliphatic carbocycles. The number of carbonyl (C=O) groups excluding carboxylic acids is 1. The smallest absolute Gasteiger partial charge is 0.246 e. The minimum Gasteiger partial charge on any atom is -0.492 e. The summed E-state index contributed by atoms with van der Waals surface area (Å²) < 4.78 is 33.6. The molecule has 8 heteroatoms. The maximum atomic E-state index is 13.2. The van der Waals surface area contributed by atoms with Gasteiger partial charge < -0.3 is 10.1 Å². The Bertz CT molecular complexity index is 831. The van der Waals surface area contributed by atoms with Crippen molar-refractivity contribution in [1.29, 1.82) is 0 Å². The predicted molar refractivity (Wildman–Crippen MR) is 123 cm³/mol. The van der Waals surface area contributed by atoms with Crippen molar-refractivity contribution in [3.05, 3.63) is 18.2 Å². The van der Waals surface area contributed by atoms with E-state index in [4.69, 9.17) is 4.74 Å². The maximum Gasteiger partial charge on any atom is 0.246 e. The van der Waals surface area contributed by atoms with E-state index in [1.807, 2.05) is 14.0 Å². The van der Waals surface area contributed by atoms with Gasteiger partial charge in [0.25, 0.3) is 0 Å². The molecule has 1 saturated heterocycles. The molecule has 1 aliphatic heterocycles. The van der Waals surface area contributed by atoms with Crippen LogP contribution in [0.1, 0.15) is 58.3 Å². The summed E-state index contributed by atoms with van der Waals surface area (Å²) in [5.74, 6) is 0.864. The average Bonchev–Trinajstić information content (AvgIpc) is 2.76. The van der Waals surface area contributed by atoms with Crippen LogP contribution in [0.4, 0.5) is 5.69 Å². The number of anilines is 1. The van der Waals surface area contributed by atoms with Gasteiger partial charge in [-0.3, -0.25) is 9.69 Å². The van der Waals surface area contributed by atoms with Crippen molar-refractivity contribution >= 4 is 21.6 Å². The van der Waals surface area contributed by atoms with E-state index in [0.717, 1.165) is 25.8 Å². The Kier molecular flexibility index (Phi) is 8.75. The van der Waals surface area contributed by atoms with Crippen LogP contribution < -0.4 is 10.1 Å². The van der Waals surface area contributed by atoms with E-state index in [9.17, 15) is 13.2 Å². The molecule has 0 radical (unpaired) electrons. The van der Waals surface area contributed by atoms with E-state index in [2.05, 4.69) is 10.2 Å². The summed E-state index contributed by atoms with van der Waals surface area (Å²) in [5.41, 5.74) is 0.482. The summed E-state index contributed by atoms with van der Waals surface area (Å²) in [6.45, 7) is 4.46. The van der Waals surface area contributed by atoms with Crippen molar-refractivity contribution < 1.29 is 17.9 Å². The van der Waals surface area contributed by atoms with Crippen LogP contribution in [0.2, 0.25) is 0 Å². The number of carbonyl (C=O) groups is 1. The number of nitrogens with one attached hydrogen (secondary N) is 1. The summed E-state index contributed by atoms with van der Waals surface area (Å²) >= 11 is 0. The average molecular weight is 452 g/mol. The summed E-state index contributed by atoms with van der Waals surface area (Å²) in [4.78, 5) is 14.8. The second-order valence-electron chi connectivity index (χ2n) is 8.81. The lowest BCUT2D eigenvalue weighted by atomic mass is 9.89. The number of nitrogens with zero attached hydrogens (tertiary/aromatic N) is 2. The first-order valence-electron chi connectivity index (χ1n) is 11.7. The molecule has 0 spiro atoms. The third-order valence-corrected chi connectivity index (χ3v) is 8.09. The number of amides is 1. The van der Waals surface area contributed by atoms with Crippen LogP contribution >= 0.6 is 0 Å². The Hall–Kier alpha value is -1.64. The minimum atomic E-state index is -3.67. The van der Waals surface area contributed by atoms with Gasteiger partial charge in [-0.05, 0) is 63.8 Å². The SMILES string of the molecule is CCOc1ccc(NC(=O)CN(C)CC2CCCCC2)cc1S(=O)(=O)N1CCCCC1. The molecule has 0 bridgehead atoms. The Morgan fingerprint density at radius 3 is 2.48 bits per heavy atom. The number of benzene rings is 1. The molecular formula is C23H37N3O4S. The highest BCUT2D eigenvalue weighted by atomic mass is 32.2. The number of hydrogen-bond acceptors (Lipinski definition) is 5. The Balaban J connectivity index is 1.68. The van der Waals surface area contributed by atoms with Gasteiger partial charge in [0.05, 0.1) is 13.2 Å². The zero-order chi connectivity index (χ0) is 22.3. The molecule has 7 nitrogen and oxygen atoms in total. The standard InChI is InChI=1S/C23H37N3O4S/c1-3-30-21-13-12-20(16-22(21)31(28,29)26-14-8-5-9-15-26)24-23(27)18-25(2)17-19-10-6-4-7-11-19/h12-13,16,19H,3-11,14-15,17-18H2,1-2H3,(H,24,27). The highest BCUT2D eigenvalue weighted by Gasteiger charge is 2.29. The molecule has 1 amide bonds. The van der Waals surface area contributed by atoms with Gasteiger partial charge in [0.2, 0.25) is 15.9 Å². The molecular weight excluding hydrogens is 414 g/mol. The van der Waals surface area contributed by atoms with Gasteiger partial charge in [0.1, 0.15) is 10.6 Å². The zero-order valence-electron chi connectivity index (χ0n) is 18.9. The number of piperidine rings is 1. The van der Waals surface area contributed by atoms with E-state index in [1.165, 1.54) is 42.5 Å². The lowest BCUT2D eigenvalue weighted by Crippen LogP contribution is -2.36. The minimum absolute atomic E-state index is 0.129.